The maximum atomic E-state index is 12.4. The molecule has 1 N–H and O–H groups in total. The Hall–Kier alpha value is -2.55. The van der Waals surface area contributed by atoms with Gasteiger partial charge in [0.15, 0.2) is 0 Å². The number of aromatic nitrogens is 1. The molecule has 0 radical (unpaired) electrons. The van der Waals surface area contributed by atoms with E-state index >= 15 is 0 Å². The quantitative estimate of drug-likeness (QED) is 0.725. The van der Waals surface area contributed by atoms with Gasteiger partial charge in [-0.05, 0) is 48.1 Å². The van der Waals surface area contributed by atoms with Gasteiger partial charge in [0.2, 0.25) is 0 Å². The summed E-state index contributed by atoms with van der Waals surface area (Å²) >= 11 is 0. The van der Waals surface area contributed by atoms with Crippen molar-refractivity contribution in [3.8, 4) is 0 Å². The zero-order valence-electron chi connectivity index (χ0n) is 16.4. The fourth-order valence-electron chi connectivity index (χ4n) is 3.44. The van der Waals surface area contributed by atoms with Gasteiger partial charge in [-0.25, -0.2) is 0 Å². The number of carbonyl (C=O) groups is 1. The van der Waals surface area contributed by atoms with Crippen LogP contribution in [0.3, 0.4) is 0 Å². The van der Waals surface area contributed by atoms with Gasteiger partial charge in [0, 0.05) is 35.8 Å². The third kappa shape index (κ3) is 3.52. The van der Waals surface area contributed by atoms with Crippen molar-refractivity contribution in [3.05, 3.63) is 70.9 Å². The van der Waals surface area contributed by atoms with Crippen molar-refractivity contribution in [3.63, 3.8) is 0 Å². The van der Waals surface area contributed by atoms with Crippen LogP contribution in [0.2, 0.25) is 0 Å². The molecule has 0 bridgehead atoms. The molecule has 3 aromatic rings. The second-order valence-corrected chi connectivity index (χ2v) is 7.97. The van der Waals surface area contributed by atoms with E-state index in [1.807, 2.05) is 24.3 Å². The van der Waals surface area contributed by atoms with Crippen LogP contribution in [0.1, 0.15) is 48.0 Å². The topological polar surface area (TPSA) is 34.0 Å². The van der Waals surface area contributed by atoms with Gasteiger partial charge in [-0.15, -0.1) is 0 Å². The number of nitrogens with zero attached hydrogens (tertiary/aromatic N) is 1. The molecule has 136 valence electrons. The van der Waals surface area contributed by atoms with Crippen molar-refractivity contribution in [1.29, 1.82) is 0 Å². The number of amides is 1. The number of benzene rings is 2. The summed E-state index contributed by atoms with van der Waals surface area (Å²) in [5.41, 5.74) is 5.86. The first-order valence-corrected chi connectivity index (χ1v) is 9.20. The van der Waals surface area contributed by atoms with Crippen LogP contribution in [-0.2, 0) is 18.9 Å². The zero-order valence-corrected chi connectivity index (χ0v) is 16.4. The van der Waals surface area contributed by atoms with E-state index in [-0.39, 0.29) is 11.3 Å². The lowest BCUT2D eigenvalue weighted by Gasteiger charge is -2.19. The van der Waals surface area contributed by atoms with Crippen LogP contribution in [0.15, 0.2) is 48.5 Å². The molecule has 0 spiro atoms. The van der Waals surface area contributed by atoms with Crippen molar-refractivity contribution >= 4 is 16.8 Å². The Kier molecular flexibility index (Phi) is 4.90. The summed E-state index contributed by atoms with van der Waals surface area (Å²) < 4.78 is 2.22. The fourth-order valence-corrected chi connectivity index (χ4v) is 3.44. The first-order chi connectivity index (χ1) is 12.3. The highest BCUT2D eigenvalue weighted by atomic mass is 16.1. The Bertz CT molecular complexity index is 927. The summed E-state index contributed by atoms with van der Waals surface area (Å²) in [7, 11) is 2.09. The van der Waals surface area contributed by atoms with E-state index in [4.69, 9.17) is 0 Å². The summed E-state index contributed by atoms with van der Waals surface area (Å²) in [6.45, 7) is 9.30. The Morgan fingerprint density at radius 1 is 1.04 bits per heavy atom. The molecule has 3 rings (SSSR count). The maximum absolute atomic E-state index is 12.4. The predicted molar refractivity (Wildman–Crippen MR) is 109 cm³/mol. The van der Waals surface area contributed by atoms with E-state index in [0.717, 1.165) is 6.42 Å². The Morgan fingerprint density at radius 3 is 2.35 bits per heavy atom. The standard InChI is InChI=1S/C23H28N2O/c1-16-19(20-8-6-7-9-21(20)25(16)5)14-15-24-22(26)17-10-12-18(13-11-17)23(2,3)4/h6-13H,14-15H2,1-5H3,(H,24,26). The van der Waals surface area contributed by atoms with E-state index in [1.165, 1.54) is 27.7 Å². The zero-order chi connectivity index (χ0) is 18.9. The second-order valence-electron chi connectivity index (χ2n) is 7.97. The number of hydrogen-bond donors (Lipinski definition) is 1. The molecule has 1 amide bonds. The maximum Gasteiger partial charge on any atom is 0.251 e. The van der Waals surface area contributed by atoms with Crippen molar-refractivity contribution in [1.82, 2.24) is 9.88 Å². The second kappa shape index (κ2) is 6.99. The Balaban J connectivity index is 1.67. The van der Waals surface area contributed by atoms with Crippen LogP contribution >= 0.6 is 0 Å². The van der Waals surface area contributed by atoms with E-state index in [2.05, 4.69) is 68.9 Å². The molecule has 0 saturated carbocycles. The Labute approximate surface area is 156 Å². The average Bonchev–Trinajstić information content (AvgIpc) is 2.86. The minimum absolute atomic E-state index is 0.0108. The van der Waals surface area contributed by atoms with Crippen LogP contribution in [0, 0.1) is 6.92 Å². The monoisotopic (exact) mass is 348 g/mol. The van der Waals surface area contributed by atoms with Crippen molar-refractivity contribution in [2.24, 2.45) is 7.05 Å². The average molecular weight is 348 g/mol. The van der Waals surface area contributed by atoms with Crippen LogP contribution in [0.4, 0.5) is 0 Å². The molecular weight excluding hydrogens is 320 g/mol. The first-order valence-electron chi connectivity index (χ1n) is 9.20. The smallest absolute Gasteiger partial charge is 0.251 e. The highest BCUT2D eigenvalue weighted by Gasteiger charge is 2.15. The molecule has 2 aromatic carbocycles. The molecule has 0 unspecified atom stereocenters. The van der Waals surface area contributed by atoms with Crippen LogP contribution in [0.5, 0.6) is 0 Å². The van der Waals surface area contributed by atoms with E-state index in [9.17, 15) is 4.79 Å². The van der Waals surface area contributed by atoms with Crippen LogP contribution in [-0.4, -0.2) is 17.0 Å². The molecule has 26 heavy (non-hydrogen) atoms. The number of fused-ring (bicyclic) bond motifs is 1. The normalized spacial score (nSPS) is 11.7. The molecule has 0 atom stereocenters. The SMILES string of the molecule is Cc1c(CCNC(=O)c2ccc(C(C)(C)C)cc2)c2ccccc2n1C. The number of rotatable bonds is 4. The molecule has 1 heterocycles. The third-order valence-corrected chi connectivity index (χ3v) is 5.20. The third-order valence-electron chi connectivity index (χ3n) is 5.20. The van der Waals surface area contributed by atoms with Gasteiger partial charge in [0.25, 0.3) is 5.91 Å². The van der Waals surface area contributed by atoms with Crippen molar-refractivity contribution in [2.45, 2.75) is 39.5 Å². The predicted octanol–water partition coefficient (Wildman–Crippen LogP) is 4.76. The van der Waals surface area contributed by atoms with Gasteiger partial charge in [-0.3, -0.25) is 4.79 Å². The van der Waals surface area contributed by atoms with Gasteiger partial charge >= 0.3 is 0 Å². The minimum atomic E-state index is -0.0108. The Morgan fingerprint density at radius 2 is 1.69 bits per heavy atom. The largest absolute Gasteiger partial charge is 0.352 e. The number of aryl methyl sites for hydroxylation is 1. The molecule has 0 aliphatic carbocycles. The molecular formula is C23H28N2O. The van der Waals surface area contributed by atoms with E-state index < -0.39 is 0 Å². The fraction of sp³-hybridized carbons (Fsp3) is 0.348. The molecule has 0 aliphatic heterocycles. The summed E-state index contributed by atoms with van der Waals surface area (Å²) in [5, 5.41) is 4.33. The number of carbonyl (C=O) groups excluding carboxylic acids is 1. The summed E-state index contributed by atoms with van der Waals surface area (Å²) in [6.07, 6.45) is 0.832. The summed E-state index contributed by atoms with van der Waals surface area (Å²) in [5.74, 6) is -0.0108. The first kappa shape index (κ1) is 18.2. The van der Waals surface area contributed by atoms with Gasteiger partial charge in [0.1, 0.15) is 0 Å². The number of hydrogen-bond acceptors (Lipinski definition) is 1. The molecule has 3 nitrogen and oxygen atoms in total. The molecule has 1 aromatic heterocycles. The minimum Gasteiger partial charge on any atom is -0.352 e. The molecule has 0 saturated heterocycles. The van der Waals surface area contributed by atoms with Crippen molar-refractivity contribution in [2.75, 3.05) is 6.54 Å². The van der Waals surface area contributed by atoms with Crippen LogP contribution in [0.25, 0.3) is 10.9 Å². The van der Waals surface area contributed by atoms with Gasteiger partial charge < -0.3 is 9.88 Å². The van der Waals surface area contributed by atoms with Gasteiger partial charge in [0.05, 0.1) is 0 Å². The number of para-hydroxylation sites is 1. The van der Waals surface area contributed by atoms with Crippen molar-refractivity contribution < 1.29 is 4.79 Å². The lowest BCUT2D eigenvalue weighted by atomic mass is 9.87. The molecule has 0 aliphatic rings. The lowest BCUT2D eigenvalue weighted by Crippen LogP contribution is -2.26. The summed E-state index contributed by atoms with van der Waals surface area (Å²) in [6, 6.07) is 16.4. The van der Waals surface area contributed by atoms with E-state index in [0.29, 0.717) is 12.1 Å². The lowest BCUT2D eigenvalue weighted by molar-refractivity contribution is 0.0954. The molecule has 0 fully saturated rings. The van der Waals surface area contributed by atoms with Crippen LogP contribution < -0.4 is 5.32 Å². The number of nitrogens with one attached hydrogen (secondary N) is 1. The summed E-state index contributed by atoms with van der Waals surface area (Å²) in [4.78, 5) is 12.4. The highest BCUT2D eigenvalue weighted by molar-refractivity contribution is 5.94. The molecule has 3 heteroatoms. The highest BCUT2D eigenvalue weighted by Crippen LogP contribution is 2.25. The van der Waals surface area contributed by atoms with Gasteiger partial charge in [-0.2, -0.15) is 0 Å². The van der Waals surface area contributed by atoms with E-state index in [1.54, 1.807) is 0 Å². The van der Waals surface area contributed by atoms with Gasteiger partial charge in [-0.1, -0.05) is 51.1 Å².